The van der Waals surface area contributed by atoms with E-state index in [-0.39, 0.29) is 12.6 Å². The number of ether oxygens (including phenoxy) is 1. The number of methoxy groups -OCH3 is 1. The topological polar surface area (TPSA) is 84.6 Å². The number of nitrogens with one attached hydrogen (secondary N) is 1. The van der Waals surface area contributed by atoms with Crippen LogP contribution >= 0.6 is 0 Å². The highest BCUT2D eigenvalue weighted by Gasteiger charge is 2.11. The van der Waals surface area contributed by atoms with Crippen molar-refractivity contribution in [1.82, 2.24) is 19.6 Å². The first kappa shape index (κ1) is 12.7. The average molecular weight is 251 g/mol. The number of hydrogen-bond acceptors (Lipinski definition) is 6. The molecular weight excluding hydrogens is 234 g/mol. The minimum Gasteiger partial charge on any atom is -0.394 e. The number of nitrogens with zero attached hydrogens (tertiary/aromatic N) is 4. The van der Waals surface area contributed by atoms with Gasteiger partial charge in [0.15, 0.2) is 0 Å². The third-order valence-electron chi connectivity index (χ3n) is 2.62. The third-order valence-corrected chi connectivity index (χ3v) is 2.62. The minimum absolute atomic E-state index is 0.0287. The van der Waals surface area contributed by atoms with Crippen LogP contribution in [0.2, 0.25) is 0 Å². The molecule has 2 aromatic rings. The van der Waals surface area contributed by atoms with Crippen LogP contribution in [0.3, 0.4) is 0 Å². The zero-order valence-electron chi connectivity index (χ0n) is 10.5. The molecule has 0 aliphatic rings. The van der Waals surface area contributed by atoms with Crippen LogP contribution in [0.25, 0.3) is 5.78 Å². The summed E-state index contributed by atoms with van der Waals surface area (Å²) in [5.74, 6) is 1.31. The molecule has 0 radical (unpaired) electrons. The normalized spacial score (nSPS) is 12.8. The molecule has 0 aromatic carbocycles. The Kier molecular flexibility index (Phi) is 4.06. The predicted molar refractivity (Wildman–Crippen MR) is 66.5 cm³/mol. The number of fused-ring (bicyclic) bond motifs is 1. The molecule has 98 valence electrons. The lowest BCUT2D eigenvalue weighted by Crippen LogP contribution is -2.26. The number of aryl methyl sites for hydroxylation is 1. The molecular formula is C11H17N5O2. The summed E-state index contributed by atoms with van der Waals surface area (Å²) in [6, 6.07) is 1.79. The molecule has 0 fully saturated rings. The van der Waals surface area contributed by atoms with Crippen molar-refractivity contribution in [3.05, 3.63) is 18.1 Å². The van der Waals surface area contributed by atoms with E-state index in [0.717, 1.165) is 11.5 Å². The van der Waals surface area contributed by atoms with Crippen molar-refractivity contribution in [2.45, 2.75) is 19.4 Å². The Labute approximate surface area is 105 Å². The summed E-state index contributed by atoms with van der Waals surface area (Å²) in [6.07, 6.45) is 2.17. The molecule has 2 rings (SSSR count). The van der Waals surface area contributed by atoms with Crippen molar-refractivity contribution in [3.8, 4) is 0 Å². The van der Waals surface area contributed by atoms with Gasteiger partial charge < -0.3 is 15.2 Å². The van der Waals surface area contributed by atoms with Gasteiger partial charge in [0, 0.05) is 25.5 Å². The van der Waals surface area contributed by atoms with Gasteiger partial charge in [-0.1, -0.05) is 0 Å². The second-order valence-corrected chi connectivity index (χ2v) is 4.06. The Hall–Kier alpha value is -1.73. The summed E-state index contributed by atoms with van der Waals surface area (Å²) in [6.45, 7) is 2.51. The van der Waals surface area contributed by atoms with Gasteiger partial charge >= 0.3 is 0 Å². The predicted octanol–water partition coefficient (Wildman–Crippen LogP) is 0.242. The van der Waals surface area contributed by atoms with Crippen molar-refractivity contribution in [1.29, 1.82) is 0 Å². The number of anilines is 1. The van der Waals surface area contributed by atoms with Crippen LogP contribution in [-0.2, 0) is 4.74 Å². The van der Waals surface area contributed by atoms with Gasteiger partial charge in [-0.15, -0.1) is 0 Å². The molecule has 7 nitrogen and oxygen atoms in total. The van der Waals surface area contributed by atoms with Crippen LogP contribution in [-0.4, -0.2) is 51.1 Å². The van der Waals surface area contributed by atoms with Crippen molar-refractivity contribution in [3.63, 3.8) is 0 Å². The lowest BCUT2D eigenvalue weighted by Gasteiger charge is -2.17. The molecule has 0 saturated heterocycles. The Morgan fingerprint density at radius 2 is 2.39 bits per heavy atom. The molecule has 0 amide bonds. The molecule has 0 bridgehead atoms. The quantitative estimate of drug-likeness (QED) is 0.765. The lowest BCUT2D eigenvalue weighted by molar-refractivity contribution is 0.174. The Balaban J connectivity index is 2.21. The van der Waals surface area contributed by atoms with E-state index in [1.54, 1.807) is 11.6 Å². The minimum atomic E-state index is -0.0841. The van der Waals surface area contributed by atoms with Crippen LogP contribution in [0.5, 0.6) is 0 Å². The molecule has 0 saturated carbocycles. The van der Waals surface area contributed by atoms with E-state index in [1.807, 2.05) is 13.0 Å². The van der Waals surface area contributed by atoms with Gasteiger partial charge in [0.05, 0.1) is 12.6 Å². The van der Waals surface area contributed by atoms with Gasteiger partial charge in [-0.3, -0.25) is 0 Å². The van der Waals surface area contributed by atoms with Crippen molar-refractivity contribution in [2.24, 2.45) is 0 Å². The van der Waals surface area contributed by atoms with Gasteiger partial charge in [0.25, 0.3) is 5.78 Å². The summed E-state index contributed by atoms with van der Waals surface area (Å²) < 4.78 is 6.62. The van der Waals surface area contributed by atoms with E-state index in [2.05, 4.69) is 20.4 Å². The zero-order valence-corrected chi connectivity index (χ0v) is 10.5. The van der Waals surface area contributed by atoms with Crippen LogP contribution in [0, 0.1) is 6.92 Å². The van der Waals surface area contributed by atoms with E-state index in [0.29, 0.717) is 18.8 Å². The average Bonchev–Trinajstić information content (AvgIpc) is 2.82. The molecule has 0 aliphatic heterocycles. The number of aliphatic hydroxyl groups excluding tert-OH is 1. The van der Waals surface area contributed by atoms with E-state index < -0.39 is 0 Å². The highest BCUT2D eigenvalue weighted by atomic mass is 16.5. The Bertz CT molecular complexity index is 513. The number of aromatic nitrogens is 4. The fraction of sp³-hybridized carbons (Fsp3) is 0.545. The van der Waals surface area contributed by atoms with Crippen LogP contribution in [0.1, 0.15) is 12.1 Å². The number of hydrogen-bond donors (Lipinski definition) is 2. The summed E-state index contributed by atoms with van der Waals surface area (Å²) in [5, 5.41) is 16.6. The van der Waals surface area contributed by atoms with Crippen molar-refractivity contribution >= 4 is 11.6 Å². The molecule has 0 aliphatic carbocycles. The van der Waals surface area contributed by atoms with E-state index in [4.69, 9.17) is 4.74 Å². The first-order valence-electron chi connectivity index (χ1n) is 5.78. The Morgan fingerprint density at radius 1 is 1.56 bits per heavy atom. The van der Waals surface area contributed by atoms with Crippen molar-refractivity contribution < 1.29 is 9.84 Å². The maximum atomic E-state index is 9.33. The highest BCUT2D eigenvalue weighted by molar-refractivity contribution is 5.45. The monoisotopic (exact) mass is 251 g/mol. The van der Waals surface area contributed by atoms with Gasteiger partial charge in [-0.05, 0) is 13.3 Å². The summed E-state index contributed by atoms with van der Waals surface area (Å²) in [4.78, 5) is 8.30. The molecule has 18 heavy (non-hydrogen) atoms. The van der Waals surface area contributed by atoms with E-state index >= 15 is 0 Å². The van der Waals surface area contributed by atoms with E-state index in [1.165, 1.54) is 6.33 Å². The fourth-order valence-electron chi connectivity index (χ4n) is 1.71. The van der Waals surface area contributed by atoms with Gasteiger partial charge in [0.1, 0.15) is 12.1 Å². The summed E-state index contributed by atoms with van der Waals surface area (Å²) in [5.41, 5.74) is 0.849. The smallest absolute Gasteiger partial charge is 0.254 e. The molecule has 7 heteroatoms. The summed E-state index contributed by atoms with van der Waals surface area (Å²) in [7, 11) is 1.64. The molecule has 2 N–H and O–H groups in total. The van der Waals surface area contributed by atoms with E-state index in [9.17, 15) is 5.11 Å². The maximum Gasteiger partial charge on any atom is 0.254 e. The zero-order chi connectivity index (χ0) is 13.0. The molecule has 2 aromatic heterocycles. The summed E-state index contributed by atoms with van der Waals surface area (Å²) >= 11 is 0. The number of rotatable bonds is 6. The largest absolute Gasteiger partial charge is 0.394 e. The second-order valence-electron chi connectivity index (χ2n) is 4.06. The Morgan fingerprint density at radius 3 is 3.11 bits per heavy atom. The van der Waals surface area contributed by atoms with Gasteiger partial charge in [0.2, 0.25) is 0 Å². The molecule has 2 heterocycles. The molecule has 0 spiro atoms. The fourth-order valence-corrected chi connectivity index (χ4v) is 1.71. The van der Waals surface area contributed by atoms with Crippen LogP contribution < -0.4 is 5.32 Å². The standard InChI is InChI=1S/C11H17N5O2/c1-8-5-10(15-9(6-17)3-4-18-2)16-11(14-8)12-7-13-16/h5,7,9,15,17H,3-4,6H2,1-2H3. The van der Waals surface area contributed by atoms with Gasteiger partial charge in [-0.25, -0.2) is 4.98 Å². The highest BCUT2D eigenvalue weighted by Crippen LogP contribution is 2.12. The molecule has 1 unspecified atom stereocenters. The van der Waals surface area contributed by atoms with Crippen molar-refractivity contribution in [2.75, 3.05) is 25.6 Å². The SMILES string of the molecule is COCCC(CO)Nc1cc(C)nc2ncnn12. The van der Waals surface area contributed by atoms with Gasteiger partial charge in [-0.2, -0.15) is 14.6 Å². The lowest BCUT2D eigenvalue weighted by atomic mass is 10.2. The van der Waals surface area contributed by atoms with Crippen LogP contribution in [0.15, 0.2) is 12.4 Å². The van der Waals surface area contributed by atoms with Crippen LogP contribution in [0.4, 0.5) is 5.82 Å². The first-order valence-corrected chi connectivity index (χ1v) is 5.78. The first-order chi connectivity index (χ1) is 8.74. The second kappa shape index (κ2) is 5.74. The third kappa shape index (κ3) is 2.74. The molecule has 1 atom stereocenters. The maximum absolute atomic E-state index is 9.33. The number of aliphatic hydroxyl groups is 1.